The first-order chi connectivity index (χ1) is 14.9. The summed E-state index contributed by atoms with van der Waals surface area (Å²) in [7, 11) is 0. The lowest BCUT2D eigenvalue weighted by Crippen LogP contribution is -2.36. The molecule has 1 heterocycles. The summed E-state index contributed by atoms with van der Waals surface area (Å²) in [5.41, 5.74) is 3.17. The van der Waals surface area contributed by atoms with Gasteiger partial charge >= 0.3 is 0 Å². The third-order valence-corrected chi connectivity index (χ3v) is 5.22. The van der Waals surface area contributed by atoms with Crippen LogP contribution < -0.4 is 0 Å². The van der Waals surface area contributed by atoms with E-state index in [1.165, 1.54) is 17.0 Å². The molecule has 3 rings (SSSR count). The Bertz CT molecular complexity index is 1070. The van der Waals surface area contributed by atoms with Crippen LogP contribution in [0.5, 0.6) is 0 Å². The zero-order valence-corrected chi connectivity index (χ0v) is 17.6. The lowest BCUT2D eigenvalue weighted by molar-refractivity contribution is -0.384. The molecule has 2 aromatic carbocycles. The molecule has 8 nitrogen and oxygen atoms in total. The van der Waals surface area contributed by atoms with Gasteiger partial charge < -0.3 is 19.7 Å². The minimum atomic E-state index is -0.468. The average molecular weight is 444 g/mol. The van der Waals surface area contributed by atoms with E-state index in [9.17, 15) is 25.1 Å². The Morgan fingerprint density at radius 1 is 1.06 bits per heavy atom. The maximum absolute atomic E-state index is 13.2. The van der Waals surface area contributed by atoms with Gasteiger partial charge in [-0.3, -0.25) is 14.9 Å². The molecule has 0 saturated heterocycles. The molecule has 3 aromatic rings. The van der Waals surface area contributed by atoms with Crippen LogP contribution in [0.3, 0.4) is 0 Å². The number of nitrogens with zero attached hydrogens (tertiary/aromatic N) is 3. The summed E-state index contributed by atoms with van der Waals surface area (Å²) < 4.78 is 1.88. The summed E-state index contributed by atoms with van der Waals surface area (Å²) in [6.07, 6.45) is 0. The molecule has 2 N–H and O–H groups in total. The molecule has 0 aliphatic heterocycles. The van der Waals surface area contributed by atoms with Crippen LogP contribution in [0, 0.1) is 17.0 Å². The van der Waals surface area contributed by atoms with Gasteiger partial charge in [0.25, 0.3) is 11.6 Å². The van der Waals surface area contributed by atoms with Crippen LogP contribution in [0.15, 0.2) is 54.6 Å². The number of hydrogen-bond donors (Lipinski definition) is 2. The smallest absolute Gasteiger partial charge is 0.269 e. The van der Waals surface area contributed by atoms with E-state index in [0.717, 1.165) is 5.69 Å². The highest BCUT2D eigenvalue weighted by Gasteiger charge is 2.23. The van der Waals surface area contributed by atoms with E-state index in [2.05, 4.69) is 0 Å². The van der Waals surface area contributed by atoms with Crippen LogP contribution in [0.2, 0.25) is 5.02 Å². The zero-order valence-electron chi connectivity index (χ0n) is 16.9. The number of carbonyl (C=O) groups is 1. The van der Waals surface area contributed by atoms with Gasteiger partial charge in [0.05, 0.1) is 29.4 Å². The number of nitro benzene ring substituents is 1. The van der Waals surface area contributed by atoms with Crippen LogP contribution in [-0.4, -0.2) is 56.8 Å². The van der Waals surface area contributed by atoms with Crippen molar-refractivity contribution in [2.45, 2.75) is 6.92 Å². The number of non-ortho nitro benzene ring substituents is 1. The summed E-state index contributed by atoms with van der Waals surface area (Å²) in [6, 6.07) is 14.9. The number of aliphatic hydroxyl groups is 2. The van der Waals surface area contributed by atoms with Crippen LogP contribution in [-0.2, 0) is 0 Å². The molecule has 31 heavy (non-hydrogen) atoms. The molecule has 1 aromatic heterocycles. The molecular weight excluding hydrogens is 422 g/mol. The fourth-order valence-electron chi connectivity index (χ4n) is 3.44. The number of hydrogen-bond acceptors (Lipinski definition) is 5. The molecule has 0 radical (unpaired) electrons. The van der Waals surface area contributed by atoms with E-state index >= 15 is 0 Å². The van der Waals surface area contributed by atoms with Gasteiger partial charge in [0, 0.05) is 41.6 Å². The molecule has 0 atom stereocenters. The van der Waals surface area contributed by atoms with Gasteiger partial charge in [-0.15, -0.1) is 0 Å². The van der Waals surface area contributed by atoms with Crippen molar-refractivity contribution in [3.8, 4) is 16.9 Å². The Balaban J connectivity index is 2.16. The summed E-state index contributed by atoms with van der Waals surface area (Å²) in [5.74, 6) is -0.323. The Morgan fingerprint density at radius 3 is 2.16 bits per heavy atom. The van der Waals surface area contributed by atoms with E-state index in [1.807, 2.05) is 16.7 Å². The number of rotatable bonds is 8. The van der Waals surface area contributed by atoms with Gasteiger partial charge in [0.2, 0.25) is 0 Å². The highest BCUT2D eigenvalue weighted by molar-refractivity contribution is 6.30. The molecule has 9 heteroatoms. The van der Waals surface area contributed by atoms with Gasteiger partial charge in [0.1, 0.15) is 0 Å². The number of carbonyl (C=O) groups excluding carboxylic acids is 1. The number of halogens is 1. The Hall–Kier alpha value is -3.20. The average Bonchev–Trinajstić information content (AvgIpc) is 3.11. The van der Waals surface area contributed by atoms with E-state index in [1.54, 1.807) is 37.3 Å². The van der Waals surface area contributed by atoms with Crippen molar-refractivity contribution < 1.29 is 19.9 Å². The van der Waals surface area contributed by atoms with Gasteiger partial charge in [-0.25, -0.2) is 0 Å². The minimum absolute atomic E-state index is 0.0292. The molecule has 0 fully saturated rings. The minimum Gasteiger partial charge on any atom is -0.395 e. The monoisotopic (exact) mass is 443 g/mol. The van der Waals surface area contributed by atoms with Crippen LogP contribution in [0.4, 0.5) is 5.69 Å². The first-order valence-corrected chi connectivity index (χ1v) is 9.99. The van der Waals surface area contributed by atoms with Gasteiger partial charge in [-0.2, -0.15) is 0 Å². The summed E-state index contributed by atoms with van der Waals surface area (Å²) >= 11 is 6.03. The van der Waals surface area contributed by atoms with E-state index in [0.29, 0.717) is 27.5 Å². The number of aliphatic hydroxyl groups excluding tert-OH is 2. The number of amides is 1. The van der Waals surface area contributed by atoms with Crippen LogP contribution in [0.1, 0.15) is 16.1 Å². The lowest BCUT2D eigenvalue weighted by Gasteiger charge is -2.20. The predicted molar refractivity (Wildman–Crippen MR) is 118 cm³/mol. The Labute approximate surface area is 184 Å². The quantitative estimate of drug-likeness (QED) is 0.409. The standard InChI is InChI=1S/C22H22ClN3O5/c1-15-20(22(29)24(10-12-27)11-13-28)14-21(16-2-6-19(7-3-16)26(30)31)25(15)18-8-4-17(23)5-9-18/h2-9,14,27-28H,10-13H2,1H3. The van der Waals surface area contributed by atoms with Crippen molar-refractivity contribution in [1.82, 2.24) is 9.47 Å². The maximum atomic E-state index is 13.2. The van der Waals surface area contributed by atoms with Crippen molar-refractivity contribution in [2.24, 2.45) is 0 Å². The predicted octanol–water partition coefficient (Wildman–Crippen LogP) is 3.44. The van der Waals surface area contributed by atoms with E-state index < -0.39 is 4.92 Å². The molecule has 0 unspecified atom stereocenters. The van der Waals surface area contributed by atoms with Crippen molar-refractivity contribution in [3.05, 3.63) is 81.0 Å². The number of nitro groups is 1. The molecule has 0 aliphatic carbocycles. The fraction of sp³-hybridized carbons (Fsp3) is 0.227. The normalized spacial score (nSPS) is 10.8. The van der Waals surface area contributed by atoms with E-state index in [-0.39, 0.29) is 37.9 Å². The Morgan fingerprint density at radius 2 is 1.65 bits per heavy atom. The van der Waals surface area contributed by atoms with Crippen LogP contribution in [0.25, 0.3) is 16.9 Å². The van der Waals surface area contributed by atoms with E-state index in [4.69, 9.17) is 11.6 Å². The Kier molecular flexibility index (Phi) is 7.06. The van der Waals surface area contributed by atoms with Gasteiger partial charge in [0.15, 0.2) is 0 Å². The van der Waals surface area contributed by atoms with Crippen molar-refractivity contribution in [1.29, 1.82) is 0 Å². The fourth-order valence-corrected chi connectivity index (χ4v) is 3.57. The molecule has 0 bridgehead atoms. The largest absolute Gasteiger partial charge is 0.395 e. The second kappa shape index (κ2) is 9.74. The topological polar surface area (TPSA) is 109 Å². The third kappa shape index (κ3) is 4.77. The molecule has 0 spiro atoms. The first kappa shape index (κ1) is 22.5. The molecule has 162 valence electrons. The molecular formula is C22H22ClN3O5. The summed E-state index contributed by atoms with van der Waals surface area (Å²) in [5, 5.41) is 30.2. The molecule has 1 amide bonds. The second-order valence-corrected chi connectivity index (χ2v) is 7.32. The number of aromatic nitrogens is 1. The zero-order chi connectivity index (χ0) is 22.5. The second-order valence-electron chi connectivity index (χ2n) is 6.88. The maximum Gasteiger partial charge on any atom is 0.269 e. The summed E-state index contributed by atoms with van der Waals surface area (Å²) in [6.45, 7) is 1.54. The van der Waals surface area contributed by atoms with Gasteiger partial charge in [-0.05, 0) is 55.0 Å². The van der Waals surface area contributed by atoms with Gasteiger partial charge in [-0.1, -0.05) is 11.6 Å². The SMILES string of the molecule is Cc1c(C(=O)N(CCO)CCO)cc(-c2ccc([N+](=O)[O-])cc2)n1-c1ccc(Cl)cc1. The van der Waals surface area contributed by atoms with Crippen molar-refractivity contribution in [2.75, 3.05) is 26.3 Å². The third-order valence-electron chi connectivity index (χ3n) is 4.96. The first-order valence-electron chi connectivity index (χ1n) is 9.61. The van der Waals surface area contributed by atoms with Crippen molar-refractivity contribution >= 4 is 23.2 Å². The summed E-state index contributed by atoms with van der Waals surface area (Å²) in [4.78, 5) is 25.1. The highest BCUT2D eigenvalue weighted by atomic mass is 35.5. The lowest BCUT2D eigenvalue weighted by atomic mass is 10.1. The van der Waals surface area contributed by atoms with Crippen LogP contribution >= 0.6 is 11.6 Å². The number of benzene rings is 2. The molecule has 0 aliphatic rings. The van der Waals surface area contributed by atoms with Crippen molar-refractivity contribution in [3.63, 3.8) is 0 Å². The molecule has 0 saturated carbocycles. The highest BCUT2D eigenvalue weighted by Crippen LogP contribution is 2.31.